The minimum absolute atomic E-state index is 0.200. The van der Waals surface area contributed by atoms with Gasteiger partial charge in [-0.3, -0.25) is 9.97 Å². The fourth-order valence-electron chi connectivity index (χ4n) is 2.59. The molecule has 5 heteroatoms. The van der Waals surface area contributed by atoms with Crippen molar-refractivity contribution >= 4 is 11.1 Å². The molecule has 0 aliphatic rings. The Morgan fingerprint density at radius 1 is 1.20 bits per heavy atom. The van der Waals surface area contributed by atoms with E-state index in [0.717, 1.165) is 30.7 Å². The first-order valence-corrected chi connectivity index (χ1v) is 8.19. The third kappa shape index (κ3) is 4.27. The number of nitrogens with zero attached hydrogens (tertiary/aromatic N) is 3. The Bertz CT molecular complexity index is 826. The van der Waals surface area contributed by atoms with Crippen LogP contribution in [0, 0.1) is 25.2 Å². The summed E-state index contributed by atoms with van der Waals surface area (Å²) < 4.78 is 27.4. The van der Waals surface area contributed by atoms with Gasteiger partial charge in [0.1, 0.15) is 6.07 Å². The normalized spacial score (nSPS) is 12.5. The summed E-state index contributed by atoms with van der Waals surface area (Å²) in [6.07, 6.45) is 4.34. The molecule has 25 heavy (non-hydrogen) atoms. The largest absolute Gasteiger partial charge is 0.272 e. The first kappa shape index (κ1) is 18.7. The zero-order valence-corrected chi connectivity index (χ0v) is 14.9. The van der Waals surface area contributed by atoms with Gasteiger partial charge in [0, 0.05) is 36.1 Å². The minimum atomic E-state index is -3.01. The number of rotatable bonds is 5. The topological polar surface area (TPSA) is 49.6 Å². The number of aromatic nitrogens is 2. The number of aryl methyl sites for hydroxylation is 2. The standard InChI is InChI=1S/C20H21F2N3/c1-5-6-16(19-8-7-13(2)11-25-19)18(10-23)17-9-15(20(4,21)22)12-24-14(17)3/h7-9,11-12H,5-6H2,1-4H3/b18-16+. The van der Waals surface area contributed by atoms with Gasteiger partial charge >= 0.3 is 0 Å². The monoisotopic (exact) mass is 341 g/mol. The predicted molar refractivity (Wildman–Crippen MR) is 94.9 cm³/mol. The summed E-state index contributed by atoms with van der Waals surface area (Å²) in [6.45, 7) is 6.49. The lowest BCUT2D eigenvalue weighted by Gasteiger charge is -2.15. The Hall–Kier alpha value is -2.61. The van der Waals surface area contributed by atoms with Crippen LogP contribution in [0.4, 0.5) is 8.78 Å². The molecule has 0 aliphatic carbocycles. The van der Waals surface area contributed by atoms with Gasteiger partial charge in [0.15, 0.2) is 0 Å². The van der Waals surface area contributed by atoms with E-state index in [2.05, 4.69) is 16.0 Å². The van der Waals surface area contributed by atoms with Crippen molar-refractivity contribution in [3.05, 3.63) is 58.7 Å². The van der Waals surface area contributed by atoms with Gasteiger partial charge in [-0.1, -0.05) is 19.4 Å². The van der Waals surface area contributed by atoms with E-state index in [1.54, 1.807) is 13.1 Å². The van der Waals surface area contributed by atoms with Crippen molar-refractivity contribution in [1.82, 2.24) is 9.97 Å². The van der Waals surface area contributed by atoms with E-state index in [1.165, 1.54) is 6.07 Å². The van der Waals surface area contributed by atoms with E-state index in [9.17, 15) is 14.0 Å². The van der Waals surface area contributed by atoms with Crippen molar-refractivity contribution in [2.24, 2.45) is 0 Å². The van der Waals surface area contributed by atoms with Crippen LogP contribution < -0.4 is 0 Å². The van der Waals surface area contributed by atoms with Crippen LogP contribution in [0.5, 0.6) is 0 Å². The lowest BCUT2D eigenvalue weighted by molar-refractivity contribution is 0.0171. The van der Waals surface area contributed by atoms with Crippen molar-refractivity contribution in [2.45, 2.75) is 46.5 Å². The van der Waals surface area contributed by atoms with E-state index < -0.39 is 5.92 Å². The van der Waals surface area contributed by atoms with Crippen LogP contribution in [0.25, 0.3) is 11.1 Å². The number of pyridine rings is 2. The molecule has 0 aliphatic heterocycles. The summed E-state index contributed by atoms with van der Waals surface area (Å²) in [5, 5.41) is 9.76. The highest BCUT2D eigenvalue weighted by Gasteiger charge is 2.26. The third-order valence-corrected chi connectivity index (χ3v) is 4.00. The fourth-order valence-corrected chi connectivity index (χ4v) is 2.59. The van der Waals surface area contributed by atoms with Crippen molar-refractivity contribution in [3.8, 4) is 6.07 Å². The average Bonchev–Trinajstić information content (AvgIpc) is 2.56. The van der Waals surface area contributed by atoms with E-state index in [4.69, 9.17) is 0 Å². The fraction of sp³-hybridized carbons (Fsp3) is 0.350. The molecule has 0 saturated carbocycles. The third-order valence-electron chi connectivity index (χ3n) is 4.00. The first-order valence-electron chi connectivity index (χ1n) is 8.19. The van der Waals surface area contributed by atoms with Crippen LogP contribution >= 0.6 is 0 Å². The van der Waals surface area contributed by atoms with Gasteiger partial charge in [-0.2, -0.15) is 5.26 Å². The highest BCUT2D eigenvalue weighted by atomic mass is 19.3. The van der Waals surface area contributed by atoms with Gasteiger partial charge in [0.25, 0.3) is 5.92 Å². The summed E-state index contributed by atoms with van der Waals surface area (Å²) in [4.78, 5) is 8.49. The lowest BCUT2D eigenvalue weighted by Crippen LogP contribution is -2.09. The number of allylic oxidation sites excluding steroid dienone is 2. The maximum Gasteiger partial charge on any atom is 0.272 e. The molecule has 3 nitrogen and oxygen atoms in total. The van der Waals surface area contributed by atoms with Gasteiger partial charge in [-0.25, -0.2) is 8.78 Å². The summed E-state index contributed by atoms with van der Waals surface area (Å²) >= 11 is 0. The maximum absolute atomic E-state index is 13.7. The Morgan fingerprint density at radius 2 is 1.92 bits per heavy atom. The summed E-state index contributed by atoms with van der Waals surface area (Å²) in [7, 11) is 0. The minimum Gasteiger partial charge on any atom is -0.260 e. The Morgan fingerprint density at radius 3 is 2.44 bits per heavy atom. The molecule has 0 unspecified atom stereocenters. The second kappa shape index (κ2) is 7.52. The zero-order chi connectivity index (χ0) is 18.6. The molecule has 0 bridgehead atoms. The molecule has 0 saturated heterocycles. The highest BCUT2D eigenvalue weighted by Crippen LogP contribution is 2.33. The van der Waals surface area contributed by atoms with Crippen LogP contribution in [0.1, 0.15) is 54.8 Å². The summed E-state index contributed by atoms with van der Waals surface area (Å²) in [5.41, 5.74) is 3.60. The lowest BCUT2D eigenvalue weighted by atomic mass is 9.93. The van der Waals surface area contributed by atoms with Crippen LogP contribution in [0.3, 0.4) is 0 Å². The number of hydrogen-bond donors (Lipinski definition) is 0. The smallest absolute Gasteiger partial charge is 0.260 e. The van der Waals surface area contributed by atoms with Crippen LogP contribution in [-0.2, 0) is 5.92 Å². The number of nitriles is 1. The molecule has 130 valence electrons. The molecule has 0 atom stereocenters. The van der Waals surface area contributed by atoms with Crippen molar-refractivity contribution < 1.29 is 8.78 Å². The molecule has 0 radical (unpaired) electrons. The Kier molecular flexibility index (Phi) is 5.63. The average molecular weight is 341 g/mol. The van der Waals surface area contributed by atoms with Gasteiger partial charge in [0.2, 0.25) is 0 Å². The molecule has 2 heterocycles. The van der Waals surface area contributed by atoms with E-state index in [1.807, 2.05) is 26.0 Å². The SMILES string of the molecule is CCC/C(=C(/C#N)c1cc(C(C)(F)F)cnc1C)c1ccc(C)cn1. The zero-order valence-electron chi connectivity index (χ0n) is 14.9. The van der Waals surface area contributed by atoms with E-state index in [-0.39, 0.29) is 5.56 Å². The summed E-state index contributed by atoms with van der Waals surface area (Å²) in [5.74, 6) is -3.01. The van der Waals surface area contributed by atoms with Gasteiger partial charge in [-0.05, 0) is 43.5 Å². The first-order chi connectivity index (χ1) is 11.8. The number of alkyl halides is 2. The molecule has 2 aromatic rings. The van der Waals surface area contributed by atoms with Crippen molar-refractivity contribution in [1.29, 1.82) is 5.26 Å². The second-order valence-electron chi connectivity index (χ2n) is 6.18. The van der Waals surface area contributed by atoms with E-state index in [0.29, 0.717) is 28.9 Å². The molecular formula is C20H21F2N3. The number of hydrogen-bond acceptors (Lipinski definition) is 3. The Labute approximate surface area is 147 Å². The van der Waals surface area contributed by atoms with Gasteiger partial charge in [-0.15, -0.1) is 0 Å². The molecule has 2 rings (SSSR count). The molecule has 0 spiro atoms. The maximum atomic E-state index is 13.7. The van der Waals surface area contributed by atoms with Crippen molar-refractivity contribution in [2.75, 3.05) is 0 Å². The van der Waals surface area contributed by atoms with Crippen molar-refractivity contribution in [3.63, 3.8) is 0 Å². The molecule has 2 aromatic heterocycles. The Balaban J connectivity index is 2.71. The van der Waals surface area contributed by atoms with E-state index >= 15 is 0 Å². The van der Waals surface area contributed by atoms with Crippen LogP contribution in [-0.4, -0.2) is 9.97 Å². The van der Waals surface area contributed by atoms with Gasteiger partial charge < -0.3 is 0 Å². The second-order valence-corrected chi connectivity index (χ2v) is 6.18. The molecule has 0 amide bonds. The predicted octanol–water partition coefficient (Wildman–Crippen LogP) is 5.44. The van der Waals surface area contributed by atoms with Gasteiger partial charge in [0.05, 0.1) is 11.3 Å². The van der Waals surface area contributed by atoms with Crippen LogP contribution in [0.2, 0.25) is 0 Å². The summed E-state index contributed by atoms with van der Waals surface area (Å²) in [6, 6.07) is 7.34. The molecule has 0 aromatic carbocycles. The molecule has 0 fully saturated rings. The molecular weight excluding hydrogens is 320 g/mol. The molecule has 0 N–H and O–H groups in total. The highest BCUT2D eigenvalue weighted by molar-refractivity contribution is 5.97. The van der Waals surface area contributed by atoms with Crippen LogP contribution in [0.15, 0.2) is 30.6 Å². The number of halogens is 2. The quantitative estimate of drug-likeness (QED) is 0.680.